The average molecular weight is 315 g/mol. The van der Waals surface area contributed by atoms with Gasteiger partial charge in [-0.15, -0.1) is 0 Å². The molecule has 0 bridgehead atoms. The van der Waals surface area contributed by atoms with E-state index in [1.807, 2.05) is 13.1 Å². The van der Waals surface area contributed by atoms with Gasteiger partial charge in [0.15, 0.2) is 0 Å². The van der Waals surface area contributed by atoms with Crippen molar-refractivity contribution in [1.29, 1.82) is 0 Å². The lowest BCUT2D eigenvalue weighted by atomic mass is 10.0. The molecular weight excluding hydrogens is 294 g/mol. The van der Waals surface area contributed by atoms with Gasteiger partial charge in [-0.3, -0.25) is 4.98 Å². The van der Waals surface area contributed by atoms with E-state index in [1.54, 1.807) is 0 Å². The Balaban J connectivity index is 1.86. The third-order valence-corrected chi connectivity index (χ3v) is 4.47. The van der Waals surface area contributed by atoms with Crippen LogP contribution in [-0.2, 0) is 6.54 Å². The molecule has 4 aromatic rings. The smallest absolute Gasteiger partial charge is 0.0681 e. The van der Waals surface area contributed by atoms with E-state index in [2.05, 4.69) is 77.5 Å². The second-order valence-corrected chi connectivity index (χ2v) is 6.64. The summed E-state index contributed by atoms with van der Waals surface area (Å²) in [4.78, 5) is 10.1. The van der Waals surface area contributed by atoms with E-state index in [4.69, 9.17) is 0 Å². The fraction of sp³-hybridized carbons (Fsp3) is 0.190. The van der Waals surface area contributed by atoms with Crippen molar-refractivity contribution in [2.24, 2.45) is 0 Å². The number of aromatic amines is 1. The maximum absolute atomic E-state index is 4.39. The van der Waals surface area contributed by atoms with Crippen molar-refractivity contribution in [3.63, 3.8) is 0 Å². The minimum absolute atomic E-state index is 0.952. The zero-order valence-electron chi connectivity index (χ0n) is 14.3. The Labute approximate surface area is 142 Å². The predicted octanol–water partition coefficient (Wildman–Crippen LogP) is 4.75. The second kappa shape index (κ2) is 5.77. The average Bonchev–Trinajstić information content (AvgIpc) is 2.94. The molecule has 0 spiro atoms. The summed E-state index contributed by atoms with van der Waals surface area (Å²) in [5.74, 6) is 0. The van der Waals surface area contributed by atoms with Gasteiger partial charge in [0.25, 0.3) is 0 Å². The summed E-state index contributed by atoms with van der Waals surface area (Å²) >= 11 is 0. The van der Waals surface area contributed by atoms with Gasteiger partial charge in [-0.25, -0.2) is 0 Å². The number of fused-ring (bicyclic) bond motifs is 3. The summed E-state index contributed by atoms with van der Waals surface area (Å²) in [6.45, 7) is 3.00. The quantitative estimate of drug-likeness (QED) is 0.591. The Morgan fingerprint density at radius 2 is 1.79 bits per heavy atom. The summed E-state index contributed by atoms with van der Waals surface area (Å²) in [5, 5.41) is 2.50. The highest BCUT2D eigenvalue weighted by molar-refractivity contribution is 6.09. The van der Waals surface area contributed by atoms with Gasteiger partial charge in [0.05, 0.1) is 11.2 Å². The van der Waals surface area contributed by atoms with Gasteiger partial charge in [0.2, 0.25) is 0 Å². The molecule has 0 saturated carbocycles. The zero-order chi connectivity index (χ0) is 16.7. The number of nitrogens with zero attached hydrogens (tertiary/aromatic N) is 2. The van der Waals surface area contributed by atoms with E-state index < -0.39 is 0 Å². The summed E-state index contributed by atoms with van der Waals surface area (Å²) in [5.41, 5.74) is 7.17. The minimum Gasteiger partial charge on any atom is -0.353 e. The van der Waals surface area contributed by atoms with Gasteiger partial charge in [-0.2, -0.15) is 0 Å². The summed E-state index contributed by atoms with van der Waals surface area (Å²) in [6.07, 6.45) is 1.88. The highest BCUT2D eigenvalue weighted by atomic mass is 15.0. The summed E-state index contributed by atoms with van der Waals surface area (Å²) in [6, 6.07) is 17.5. The summed E-state index contributed by atoms with van der Waals surface area (Å²) in [7, 11) is 4.20. The largest absolute Gasteiger partial charge is 0.353 e. The molecular formula is C21H21N3. The third kappa shape index (κ3) is 2.57. The van der Waals surface area contributed by atoms with Gasteiger partial charge in [-0.05, 0) is 62.0 Å². The molecule has 0 saturated heterocycles. The SMILES string of the molecule is Cc1nccc2c1[nH]c1ccc(-c3cccc(CN(C)C)c3)cc12. The van der Waals surface area contributed by atoms with Crippen LogP contribution in [0.25, 0.3) is 32.9 Å². The molecule has 1 N–H and O–H groups in total. The van der Waals surface area contributed by atoms with Gasteiger partial charge < -0.3 is 9.88 Å². The van der Waals surface area contributed by atoms with E-state index in [0.29, 0.717) is 0 Å². The van der Waals surface area contributed by atoms with Gasteiger partial charge in [0.1, 0.15) is 0 Å². The van der Waals surface area contributed by atoms with Crippen molar-refractivity contribution in [3.05, 3.63) is 66.0 Å². The van der Waals surface area contributed by atoms with Crippen LogP contribution in [0.15, 0.2) is 54.7 Å². The summed E-state index contributed by atoms with van der Waals surface area (Å²) < 4.78 is 0. The van der Waals surface area contributed by atoms with Crippen molar-refractivity contribution in [2.45, 2.75) is 13.5 Å². The van der Waals surface area contributed by atoms with Crippen LogP contribution in [0.5, 0.6) is 0 Å². The van der Waals surface area contributed by atoms with Crippen molar-refractivity contribution in [2.75, 3.05) is 14.1 Å². The van der Waals surface area contributed by atoms with Crippen LogP contribution in [0.2, 0.25) is 0 Å². The number of aromatic nitrogens is 2. The first-order valence-corrected chi connectivity index (χ1v) is 8.23. The Morgan fingerprint density at radius 1 is 0.958 bits per heavy atom. The molecule has 3 heteroatoms. The first kappa shape index (κ1) is 14.9. The van der Waals surface area contributed by atoms with Crippen LogP contribution in [0.4, 0.5) is 0 Å². The highest BCUT2D eigenvalue weighted by Crippen LogP contribution is 2.31. The Bertz CT molecular complexity index is 1030. The number of benzene rings is 2. The second-order valence-electron chi connectivity index (χ2n) is 6.64. The maximum atomic E-state index is 4.39. The lowest BCUT2D eigenvalue weighted by Gasteiger charge is -2.11. The number of pyridine rings is 1. The number of H-pyrrole nitrogens is 1. The fourth-order valence-corrected chi connectivity index (χ4v) is 3.35. The van der Waals surface area contributed by atoms with Gasteiger partial charge >= 0.3 is 0 Å². The molecule has 24 heavy (non-hydrogen) atoms. The molecule has 120 valence electrons. The van der Waals surface area contributed by atoms with Gasteiger partial charge in [0, 0.05) is 29.0 Å². The topological polar surface area (TPSA) is 31.9 Å². The Morgan fingerprint density at radius 3 is 2.62 bits per heavy atom. The molecule has 0 aliphatic heterocycles. The van der Waals surface area contributed by atoms with E-state index >= 15 is 0 Å². The molecule has 0 atom stereocenters. The molecule has 0 aliphatic rings. The van der Waals surface area contributed by atoms with E-state index in [-0.39, 0.29) is 0 Å². The van der Waals surface area contributed by atoms with Gasteiger partial charge in [-0.1, -0.05) is 24.3 Å². The van der Waals surface area contributed by atoms with Crippen LogP contribution in [0, 0.1) is 6.92 Å². The molecule has 0 amide bonds. The van der Waals surface area contributed by atoms with Crippen molar-refractivity contribution < 1.29 is 0 Å². The Kier molecular flexibility index (Phi) is 3.58. The normalized spacial score (nSPS) is 11.7. The van der Waals surface area contributed by atoms with E-state index in [9.17, 15) is 0 Å². The van der Waals surface area contributed by atoms with Crippen molar-refractivity contribution in [1.82, 2.24) is 14.9 Å². The van der Waals surface area contributed by atoms with E-state index in [1.165, 1.54) is 27.5 Å². The zero-order valence-corrected chi connectivity index (χ0v) is 14.3. The van der Waals surface area contributed by atoms with Crippen LogP contribution < -0.4 is 0 Å². The first-order valence-electron chi connectivity index (χ1n) is 8.23. The predicted molar refractivity (Wildman–Crippen MR) is 101 cm³/mol. The van der Waals surface area contributed by atoms with Crippen LogP contribution >= 0.6 is 0 Å². The van der Waals surface area contributed by atoms with Crippen LogP contribution in [0.3, 0.4) is 0 Å². The molecule has 2 heterocycles. The monoisotopic (exact) mass is 315 g/mol. The molecule has 2 aromatic heterocycles. The number of hydrogen-bond donors (Lipinski definition) is 1. The van der Waals surface area contributed by atoms with Crippen molar-refractivity contribution >= 4 is 21.8 Å². The molecule has 0 aliphatic carbocycles. The van der Waals surface area contributed by atoms with Crippen LogP contribution in [-0.4, -0.2) is 29.0 Å². The molecule has 3 nitrogen and oxygen atoms in total. The molecule has 2 aromatic carbocycles. The van der Waals surface area contributed by atoms with Crippen molar-refractivity contribution in [3.8, 4) is 11.1 Å². The fourth-order valence-electron chi connectivity index (χ4n) is 3.35. The Hall–Kier alpha value is -2.65. The lowest BCUT2D eigenvalue weighted by Crippen LogP contribution is -2.10. The molecule has 0 radical (unpaired) electrons. The number of nitrogens with one attached hydrogen (secondary N) is 1. The van der Waals surface area contributed by atoms with E-state index in [0.717, 1.165) is 23.3 Å². The van der Waals surface area contributed by atoms with Crippen LogP contribution in [0.1, 0.15) is 11.3 Å². The number of hydrogen-bond acceptors (Lipinski definition) is 2. The lowest BCUT2D eigenvalue weighted by molar-refractivity contribution is 0.402. The first-order chi connectivity index (χ1) is 11.6. The molecule has 0 unspecified atom stereocenters. The maximum Gasteiger partial charge on any atom is 0.0681 e. The molecule has 4 rings (SSSR count). The number of rotatable bonds is 3. The minimum atomic E-state index is 0.952. The highest BCUT2D eigenvalue weighted by Gasteiger charge is 2.08. The standard InChI is InChI=1S/C21H21N3/c1-14-21-18(9-10-22-14)19-12-17(7-8-20(19)23-21)16-6-4-5-15(11-16)13-24(2)3/h4-12,23H,13H2,1-3H3. The third-order valence-electron chi connectivity index (χ3n) is 4.47. The number of aryl methyl sites for hydroxylation is 1. The molecule has 0 fully saturated rings.